The van der Waals surface area contributed by atoms with Crippen molar-refractivity contribution in [1.82, 2.24) is 4.98 Å². The van der Waals surface area contributed by atoms with Crippen molar-refractivity contribution in [2.75, 3.05) is 5.73 Å². The van der Waals surface area contributed by atoms with Crippen molar-refractivity contribution in [3.05, 3.63) is 47.8 Å². The van der Waals surface area contributed by atoms with Crippen LogP contribution in [0.1, 0.15) is 37.8 Å². The second-order valence-corrected chi connectivity index (χ2v) is 6.15. The van der Waals surface area contributed by atoms with Crippen LogP contribution in [0.25, 0.3) is 11.1 Å². The number of ketones is 1. The van der Waals surface area contributed by atoms with Crippen LogP contribution in [0.5, 0.6) is 0 Å². The fourth-order valence-corrected chi connectivity index (χ4v) is 3.33. The second kappa shape index (κ2) is 6.07. The number of anilines is 1. The molecule has 0 bridgehead atoms. The van der Waals surface area contributed by atoms with Gasteiger partial charge in [-0.15, -0.1) is 0 Å². The van der Waals surface area contributed by atoms with E-state index in [9.17, 15) is 13.6 Å². The van der Waals surface area contributed by atoms with Gasteiger partial charge in [0.2, 0.25) is 0 Å². The first-order chi connectivity index (χ1) is 11.0. The first-order valence-electron chi connectivity index (χ1n) is 7.69. The van der Waals surface area contributed by atoms with Crippen LogP contribution in [-0.4, -0.2) is 10.8 Å². The van der Waals surface area contributed by atoms with Gasteiger partial charge in [-0.3, -0.25) is 9.78 Å². The Kier molecular flexibility index (Phi) is 4.11. The molecule has 2 N–H and O–H groups in total. The molecular formula is C18H18F2N2O. The first kappa shape index (κ1) is 15.6. The Balaban J connectivity index is 2.05. The van der Waals surface area contributed by atoms with Crippen LogP contribution in [-0.2, 0) is 4.79 Å². The summed E-state index contributed by atoms with van der Waals surface area (Å²) in [6.07, 6.45) is 3.26. The van der Waals surface area contributed by atoms with Gasteiger partial charge in [0.15, 0.2) is 0 Å². The summed E-state index contributed by atoms with van der Waals surface area (Å²) in [5.74, 6) is -0.597. The molecular weight excluding hydrogens is 298 g/mol. The van der Waals surface area contributed by atoms with E-state index in [2.05, 4.69) is 4.98 Å². The zero-order valence-electron chi connectivity index (χ0n) is 12.9. The molecule has 0 unspecified atom stereocenters. The smallest absolute Gasteiger partial charge is 0.133 e. The number of Topliss-reactive ketones (excluding diaryl/α,β-unsaturated/α-hetero) is 1. The lowest BCUT2D eigenvalue weighted by Gasteiger charge is -2.28. The van der Waals surface area contributed by atoms with Gasteiger partial charge in [-0.2, -0.15) is 0 Å². The van der Waals surface area contributed by atoms with Crippen LogP contribution >= 0.6 is 0 Å². The largest absolute Gasteiger partial charge is 0.397 e. The molecule has 0 aliphatic heterocycles. The quantitative estimate of drug-likeness (QED) is 0.908. The van der Waals surface area contributed by atoms with Crippen LogP contribution in [0.15, 0.2) is 30.5 Å². The Morgan fingerprint density at radius 1 is 1.22 bits per heavy atom. The Hall–Kier alpha value is -2.30. The molecule has 1 aromatic carbocycles. The maximum Gasteiger partial charge on any atom is 0.133 e. The van der Waals surface area contributed by atoms with Gasteiger partial charge in [-0.05, 0) is 36.6 Å². The molecule has 0 spiro atoms. The molecule has 0 saturated heterocycles. The van der Waals surface area contributed by atoms with E-state index in [4.69, 9.17) is 5.73 Å². The number of pyridine rings is 1. The molecule has 1 aliphatic rings. The summed E-state index contributed by atoms with van der Waals surface area (Å²) in [5, 5.41) is 0. The van der Waals surface area contributed by atoms with Crippen molar-refractivity contribution in [2.24, 2.45) is 5.92 Å². The molecule has 2 aromatic rings. The maximum atomic E-state index is 14.0. The second-order valence-electron chi connectivity index (χ2n) is 6.15. The number of hydrogen-bond donors (Lipinski definition) is 1. The lowest BCUT2D eigenvalue weighted by Crippen LogP contribution is -2.23. The number of nitrogens with zero attached hydrogens (tertiary/aromatic N) is 1. The van der Waals surface area contributed by atoms with E-state index in [1.54, 1.807) is 12.3 Å². The SMILES string of the molecule is C[C@@H]1CC(=O)CC[C@H]1c1nccc(-c2cc(F)ccc2F)c1N. The highest BCUT2D eigenvalue weighted by Gasteiger charge is 2.30. The molecule has 0 radical (unpaired) electrons. The van der Waals surface area contributed by atoms with Gasteiger partial charge in [0.05, 0.1) is 11.4 Å². The Morgan fingerprint density at radius 3 is 2.74 bits per heavy atom. The number of hydrogen-bond acceptors (Lipinski definition) is 3. The third kappa shape index (κ3) is 2.96. The predicted molar refractivity (Wildman–Crippen MR) is 84.8 cm³/mol. The molecule has 120 valence electrons. The van der Waals surface area contributed by atoms with Crippen molar-refractivity contribution >= 4 is 11.5 Å². The Morgan fingerprint density at radius 2 is 2.00 bits per heavy atom. The van der Waals surface area contributed by atoms with E-state index in [-0.39, 0.29) is 23.2 Å². The monoisotopic (exact) mass is 316 g/mol. The molecule has 1 aromatic heterocycles. The Bertz CT molecular complexity index is 761. The van der Waals surface area contributed by atoms with Crippen molar-refractivity contribution in [3.63, 3.8) is 0 Å². The molecule has 0 amide bonds. The topological polar surface area (TPSA) is 56.0 Å². The molecule has 3 nitrogen and oxygen atoms in total. The van der Waals surface area contributed by atoms with E-state index in [0.29, 0.717) is 36.2 Å². The van der Waals surface area contributed by atoms with E-state index in [1.807, 2.05) is 6.92 Å². The number of halogens is 2. The molecule has 1 aliphatic carbocycles. The number of nitrogens with two attached hydrogens (primary N) is 1. The van der Waals surface area contributed by atoms with Gasteiger partial charge in [-0.1, -0.05) is 6.92 Å². The zero-order valence-corrected chi connectivity index (χ0v) is 12.9. The summed E-state index contributed by atoms with van der Waals surface area (Å²) < 4.78 is 27.5. The number of nitrogen functional groups attached to an aromatic ring is 1. The molecule has 3 rings (SSSR count). The third-order valence-corrected chi connectivity index (χ3v) is 4.56. The minimum absolute atomic E-state index is 0.0595. The average molecular weight is 316 g/mol. The van der Waals surface area contributed by atoms with Gasteiger partial charge < -0.3 is 5.73 Å². The van der Waals surface area contributed by atoms with Crippen molar-refractivity contribution in [1.29, 1.82) is 0 Å². The lowest BCUT2D eigenvalue weighted by atomic mass is 9.77. The van der Waals surface area contributed by atoms with Gasteiger partial charge >= 0.3 is 0 Å². The van der Waals surface area contributed by atoms with Crippen LogP contribution in [0, 0.1) is 17.6 Å². The molecule has 1 heterocycles. The van der Waals surface area contributed by atoms with Crippen molar-refractivity contribution in [2.45, 2.75) is 32.1 Å². The van der Waals surface area contributed by atoms with Crippen LogP contribution in [0.2, 0.25) is 0 Å². The number of benzene rings is 1. The summed E-state index contributed by atoms with van der Waals surface area (Å²) in [4.78, 5) is 15.9. The number of carbonyl (C=O) groups is 1. The number of aromatic nitrogens is 1. The minimum Gasteiger partial charge on any atom is -0.397 e. The number of rotatable bonds is 2. The van der Waals surface area contributed by atoms with Gasteiger partial charge in [0.1, 0.15) is 17.4 Å². The van der Waals surface area contributed by atoms with Gasteiger partial charge in [-0.25, -0.2) is 8.78 Å². The Labute approximate surface area is 133 Å². The summed E-state index contributed by atoms with van der Waals surface area (Å²) in [6, 6.07) is 4.89. The maximum absolute atomic E-state index is 14.0. The van der Waals surface area contributed by atoms with Crippen LogP contribution < -0.4 is 5.73 Å². The van der Waals surface area contributed by atoms with E-state index >= 15 is 0 Å². The summed E-state index contributed by atoms with van der Waals surface area (Å²) in [5.41, 5.74) is 7.83. The highest BCUT2D eigenvalue weighted by atomic mass is 19.1. The molecule has 1 fully saturated rings. The van der Waals surface area contributed by atoms with E-state index < -0.39 is 11.6 Å². The van der Waals surface area contributed by atoms with Crippen LogP contribution in [0.3, 0.4) is 0 Å². The fourth-order valence-electron chi connectivity index (χ4n) is 3.33. The lowest BCUT2D eigenvalue weighted by molar-refractivity contribution is -0.121. The van der Waals surface area contributed by atoms with Crippen molar-refractivity contribution in [3.8, 4) is 11.1 Å². The summed E-state index contributed by atoms with van der Waals surface area (Å²) >= 11 is 0. The third-order valence-electron chi connectivity index (χ3n) is 4.56. The van der Waals surface area contributed by atoms with Gasteiger partial charge in [0.25, 0.3) is 0 Å². The van der Waals surface area contributed by atoms with E-state index in [1.165, 1.54) is 0 Å². The molecule has 5 heteroatoms. The molecule has 1 saturated carbocycles. The van der Waals surface area contributed by atoms with Crippen LogP contribution in [0.4, 0.5) is 14.5 Å². The predicted octanol–water partition coefficient (Wildman–Crippen LogP) is 4.08. The standard InChI is InChI=1S/C18H18F2N2O/c1-10-8-12(23)3-4-13(10)18-17(21)14(6-7-22-18)15-9-11(19)2-5-16(15)20/h2,5-7,9-10,13H,3-4,8,21H2,1H3/t10-,13-/m1/s1. The zero-order chi connectivity index (χ0) is 16.6. The minimum atomic E-state index is -0.526. The summed E-state index contributed by atoms with van der Waals surface area (Å²) in [6.45, 7) is 2.00. The first-order valence-corrected chi connectivity index (χ1v) is 7.69. The van der Waals surface area contributed by atoms with Gasteiger partial charge in [0, 0.05) is 36.1 Å². The molecule has 23 heavy (non-hydrogen) atoms. The molecule has 2 atom stereocenters. The average Bonchev–Trinajstić information content (AvgIpc) is 2.51. The normalized spacial score (nSPS) is 21.4. The fraction of sp³-hybridized carbons (Fsp3) is 0.333. The van der Waals surface area contributed by atoms with E-state index in [0.717, 1.165) is 18.2 Å². The summed E-state index contributed by atoms with van der Waals surface area (Å²) in [7, 11) is 0. The van der Waals surface area contributed by atoms with Crippen molar-refractivity contribution < 1.29 is 13.6 Å². The number of carbonyl (C=O) groups excluding carboxylic acids is 1. The highest BCUT2D eigenvalue weighted by Crippen LogP contribution is 2.40. The highest BCUT2D eigenvalue weighted by molar-refractivity contribution is 5.81.